The van der Waals surface area contributed by atoms with Gasteiger partial charge >= 0.3 is 0 Å². The second kappa shape index (κ2) is 8.87. The molecule has 3 aromatic carbocycles. The minimum absolute atomic E-state index is 0.175. The summed E-state index contributed by atoms with van der Waals surface area (Å²) in [5.74, 6) is -0.108. The van der Waals surface area contributed by atoms with E-state index in [1.54, 1.807) is 61.1 Å². The molecule has 0 radical (unpaired) electrons. The summed E-state index contributed by atoms with van der Waals surface area (Å²) in [7, 11) is 0. The first kappa shape index (κ1) is 19.1. The molecular weight excluding hydrogens is 378 g/mol. The Balaban J connectivity index is 1.46. The number of anilines is 1. The Morgan fingerprint density at radius 1 is 0.900 bits per heavy atom. The van der Waals surface area contributed by atoms with Gasteiger partial charge in [-0.15, -0.1) is 0 Å². The van der Waals surface area contributed by atoms with E-state index in [0.717, 1.165) is 5.69 Å². The molecule has 0 unspecified atom stereocenters. The third-order valence-electron chi connectivity index (χ3n) is 4.48. The normalized spacial score (nSPS) is 10.4. The van der Waals surface area contributed by atoms with Gasteiger partial charge in [-0.2, -0.15) is 0 Å². The van der Waals surface area contributed by atoms with E-state index < -0.39 is 0 Å². The van der Waals surface area contributed by atoms with Gasteiger partial charge in [0.15, 0.2) is 12.4 Å². The number of hydrogen-bond donors (Lipinski definition) is 1. The van der Waals surface area contributed by atoms with Crippen molar-refractivity contribution in [2.45, 2.75) is 0 Å². The maximum Gasteiger partial charge on any atom is 0.262 e. The molecule has 0 spiro atoms. The molecule has 0 atom stereocenters. The zero-order chi connectivity index (χ0) is 20.8. The van der Waals surface area contributed by atoms with Crippen LogP contribution in [0.5, 0.6) is 5.75 Å². The van der Waals surface area contributed by atoms with Gasteiger partial charge in [-0.25, -0.2) is 4.98 Å². The van der Waals surface area contributed by atoms with E-state index in [1.807, 2.05) is 41.1 Å². The van der Waals surface area contributed by atoms with Gasteiger partial charge in [0.2, 0.25) is 0 Å². The van der Waals surface area contributed by atoms with Gasteiger partial charge in [-0.3, -0.25) is 9.59 Å². The summed E-state index contributed by atoms with van der Waals surface area (Å²) in [4.78, 5) is 29.2. The monoisotopic (exact) mass is 397 g/mol. The number of para-hydroxylation sites is 2. The molecule has 0 saturated heterocycles. The van der Waals surface area contributed by atoms with Crippen LogP contribution in [-0.2, 0) is 4.79 Å². The first-order chi connectivity index (χ1) is 14.7. The largest absolute Gasteiger partial charge is 0.483 e. The number of ketones is 1. The summed E-state index contributed by atoms with van der Waals surface area (Å²) in [5.41, 5.74) is 2.53. The Morgan fingerprint density at radius 2 is 1.63 bits per heavy atom. The van der Waals surface area contributed by atoms with Crippen molar-refractivity contribution in [1.29, 1.82) is 0 Å². The molecule has 0 saturated carbocycles. The summed E-state index contributed by atoms with van der Waals surface area (Å²) in [6, 6.07) is 23.3. The standard InChI is InChI=1S/C24H19N3O3/c28-23(26-19-6-2-1-3-7-19)16-30-22-9-5-4-8-21(22)24(29)18-10-12-20(13-11-18)27-15-14-25-17-27/h1-15,17H,16H2,(H,26,28). The third kappa shape index (κ3) is 4.44. The van der Waals surface area contributed by atoms with E-state index in [-0.39, 0.29) is 18.3 Å². The number of carbonyl (C=O) groups is 2. The maximum absolute atomic E-state index is 13.0. The SMILES string of the molecule is O=C(COc1ccccc1C(=O)c1ccc(-n2ccnc2)cc1)Nc1ccccc1. The number of carbonyl (C=O) groups excluding carboxylic acids is 2. The summed E-state index contributed by atoms with van der Waals surface area (Å²) in [5, 5.41) is 2.76. The molecular formula is C24H19N3O3. The van der Waals surface area contributed by atoms with Crippen molar-refractivity contribution < 1.29 is 14.3 Å². The van der Waals surface area contributed by atoms with E-state index >= 15 is 0 Å². The van der Waals surface area contributed by atoms with Gasteiger partial charge in [0.05, 0.1) is 11.9 Å². The van der Waals surface area contributed by atoms with Gasteiger partial charge in [-0.1, -0.05) is 30.3 Å². The molecule has 0 aliphatic rings. The molecule has 30 heavy (non-hydrogen) atoms. The molecule has 1 aromatic heterocycles. The van der Waals surface area contributed by atoms with Gasteiger partial charge in [0, 0.05) is 29.3 Å². The molecule has 4 aromatic rings. The topological polar surface area (TPSA) is 73.2 Å². The summed E-state index contributed by atoms with van der Waals surface area (Å²) in [6.07, 6.45) is 5.22. The van der Waals surface area contributed by atoms with Crippen molar-refractivity contribution in [3.05, 3.63) is 109 Å². The van der Waals surface area contributed by atoms with Crippen molar-refractivity contribution in [2.24, 2.45) is 0 Å². The summed E-state index contributed by atoms with van der Waals surface area (Å²) < 4.78 is 7.51. The number of hydrogen-bond acceptors (Lipinski definition) is 4. The zero-order valence-corrected chi connectivity index (χ0v) is 16.1. The van der Waals surface area contributed by atoms with Crippen LogP contribution in [0, 0.1) is 0 Å². The smallest absolute Gasteiger partial charge is 0.262 e. The lowest BCUT2D eigenvalue weighted by atomic mass is 10.0. The number of ether oxygens (including phenoxy) is 1. The van der Waals surface area contributed by atoms with Crippen molar-refractivity contribution in [2.75, 3.05) is 11.9 Å². The number of nitrogens with zero attached hydrogens (tertiary/aromatic N) is 2. The van der Waals surface area contributed by atoms with E-state index in [4.69, 9.17) is 4.74 Å². The van der Waals surface area contributed by atoms with Crippen LogP contribution in [0.25, 0.3) is 5.69 Å². The highest BCUT2D eigenvalue weighted by molar-refractivity contribution is 6.10. The van der Waals surface area contributed by atoms with Crippen molar-refractivity contribution >= 4 is 17.4 Å². The molecule has 1 N–H and O–H groups in total. The number of benzene rings is 3. The molecule has 1 heterocycles. The van der Waals surface area contributed by atoms with Gasteiger partial charge in [-0.05, 0) is 48.5 Å². The highest BCUT2D eigenvalue weighted by Crippen LogP contribution is 2.22. The molecule has 0 fully saturated rings. The molecule has 0 aliphatic carbocycles. The Kier molecular flexibility index (Phi) is 5.66. The fraction of sp³-hybridized carbons (Fsp3) is 0.0417. The lowest BCUT2D eigenvalue weighted by molar-refractivity contribution is -0.118. The summed E-state index contributed by atoms with van der Waals surface area (Å²) >= 11 is 0. The molecule has 6 nitrogen and oxygen atoms in total. The van der Waals surface area contributed by atoms with Gasteiger partial charge in [0.25, 0.3) is 5.91 Å². The van der Waals surface area contributed by atoms with Gasteiger partial charge in [0.1, 0.15) is 5.75 Å². The second-order valence-corrected chi connectivity index (χ2v) is 6.54. The lowest BCUT2D eigenvalue weighted by Crippen LogP contribution is -2.20. The number of imidazole rings is 1. The number of amides is 1. The summed E-state index contributed by atoms with van der Waals surface area (Å²) in [6.45, 7) is -0.196. The molecule has 0 aliphatic heterocycles. The van der Waals surface area contributed by atoms with E-state index in [1.165, 1.54) is 0 Å². The Morgan fingerprint density at radius 3 is 2.37 bits per heavy atom. The predicted molar refractivity (Wildman–Crippen MR) is 114 cm³/mol. The fourth-order valence-electron chi connectivity index (χ4n) is 2.99. The molecule has 0 bridgehead atoms. The van der Waals surface area contributed by atoms with Crippen LogP contribution < -0.4 is 10.1 Å². The molecule has 1 amide bonds. The molecule has 148 valence electrons. The average molecular weight is 397 g/mol. The van der Waals surface area contributed by atoms with Crippen molar-refractivity contribution in [3.8, 4) is 11.4 Å². The number of nitrogens with one attached hydrogen (secondary N) is 1. The highest BCUT2D eigenvalue weighted by Gasteiger charge is 2.15. The quantitative estimate of drug-likeness (QED) is 0.476. The Hall–Kier alpha value is -4.19. The highest BCUT2D eigenvalue weighted by atomic mass is 16.5. The first-order valence-electron chi connectivity index (χ1n) is 9.40. The van der Waals surface area contributed by atoms with E-state index in [9.17, 15) is 9.59 Å². The third-order valence-corrected chi connectivity index (χ3v) is 4.48. The van der Waals surface area contributed by atoms with Crippen LogP contribution in [0.2, 0.25) is 0 Å². The average Bonchev–Trinajstić information content (AvgIpc) is 3.33. The number of aromatic nitrogens is 2. The van der Waals surface area contributed by atoms with Crippen LogP contribution in [0.1, 0.15) is 15.9 Å². The molecule has 4 rings (SSSR count). The first-order valence-corrected chi connectivity index (χ1v) is 9.40. The lowest BCUT2D eigenvalue weighted by Gasteiger charge is -2.11. The van der Waals surface area contributed by atoms with E-state index in [2.05, 4.69) is 10.3 Å². The van der Waals surface area contributed by atoms with Crippen LogP contribution in [0.15, 0.2) is 97.6 Å². The van der Waals surface area contributed by atoms with Crippen LogP contribution >= 0.6 is 0 Å². The van der Waals surface area contributed by atoms with Crippen LogP contribution in [0.4, 0.5) is 5.69 Å². The predicted octanol–water partition coefficient (Wildman–Crippen LogP) is 4.12. The van der Waals surface area contributed by atoms with Crippen molar-refractivity contribution in [1.82, 2.24) is 9.55 Å². The van der Waals surface area contributed by atoms with Gasteiger partial charge < -0.3 is 14.6 Å². The van der Waals surface area contributed by atoms with Crippen LogP contribution in [0.3, 0.4) is 0 Å². The number of rotatable bonds is 7. The maximum atomic E-state index is 13.0. The minimum atomic E-state index is -0.298. The van der Waals surface area contributed by atoms with Crippen molar-refractivity contribution in [3.63, 3.8) is 0 Å². The minimum Gasteiger partial charge on any atom is -0.483 e. The fourth-order valence-corrected chi connectivity index (χ4v) is 2.99. The zero-order valence-electron chi connectivity index (χ0n) is 16.1. The molecule has 6 heteroatoms. The van der Waals surface area contributed by atoms with Crippen LogP contribution in [-0.4, -0.2) is 27.8 Å². The van der Waals surface area contributed by atoms with E-state index in [0.29, 0.717) is 22.6 Å². The Labute approximate surface area is 173 Å². The Bertz CT molecular complexity index is 1140. The second-order valence-electron chi connectivity index (χ2n) is 6.54.